The van der Waals surface area contributed by atoms with Crippen LogP contribution in [0.3, 0.4) is 0 Å². The van der Waals surface area contributed by atoms with Gasteiger partial charge >= 0.3 is 0 Å². The van der Waals surface area contributed by atoms with E-state index >= 15 is 0 Å². The summed E-state index contributed by atoms with van der Waals surface area (Å²) in [5.74, 6) is -0.156. The van der Waals surface area contributed by atoms with E-state index in [1.165, 1.54) is 17.0 Å². The Morgan fingerprint density at radius 3 is 2.03 bits per heavy atom. The summed E-state index contributed by atoms with van der Waals surface area (Å²) in [6.07, 6.45) is 0. The normalized spacial score (nSPS) is 11.9. The number of hydrogen-bond donors (Lipinski definition) is 1. The predicted octanol–water partition coefficient (Wildman–Crippen LogP) is 4.37. The van der Waals surface area contributed by atoms with Gasteiger partial charge in [0, 0.05) is 13.1 Å². The number of benzene rings is 3. The van der Waals surface area contributed by atoms with Crippen molar-refractivity contribution in [3.8, 4) is 5.75 Å². The van der Waals surface area contributed by atoms with E-state index in [2.05, 4.69) is 5.32 Å². The molecule has 0 spiro atoms. The zero-order chi connectivity index (χ0) is 28.7. The Bertz CT molecular complexity index is 1380. The lowest BCUT2D eigenvalue weighted by molar-refractivity contribution is -0.139. The molecule has 1 unspecified atom stereocenters. The SMILES string of the molecule is CCNC(=O)C(C)N(Cc1ccc(OC)cc1)C(=O)CN(c1cc(C)cc(C)c1)S(=O)(=O)c1ccc(C)cc1. The summed E-state index contributed by atoms with van der Waals surface area (Å²) in [6.45, 7) is 9.12. The first-order valence-electron chi connectivity index (χ1n) is 12.8. The molecule has 208 valence electrons. The number of likely N-dealkylation sites (N-methyl/N-ethyl adjacent to an activating group) is 1. The Morgan fingerprint density at radius 2 is 1.49 bits per heavy atom. The number of anilines is 1. The van der Waals surface area contributed by atoms with Crippen molar-refractivity contribution in [2.45, 2.75) is 52.1 Å². The average Bonchev–Trinajstić information content (AvgIpc) is 2.89. The maximum absolute atomic E-state index is 13.9. The summed E-state index contributed by atoms with van der Waals surface area (Å²) in [7, 11) is -2.53. The minimum atomic E-state index is -4.10. The first kappa shape index (κ1) is 29.7. The fraction of sp³-hybridized carbons (Fsp3) is 0.333. The number of amides is 2. The number of nitrogens with zero attached hydrogens (tertiary/aromatic N) is 2. The number of aryl methyl sites for hydroxylation is 3. The molecule has 0 heterocycles. The fourth-order valence-electron chi connectivity index (χ4n) is 4.29. The summed E-state index contributed by atoms with van der Waals surface area (Å²) >= 11 is 0. The van der Waals surface area contributed by atoms with Crippen LogP contribution in [0.25, 0.3) is 0 Å². The number of ether oxygens (including phenoxy) is 1. The minimum absolute atomic E-state index is 0.0820. The van der Waals surface area contributed by atoms with Crippen molar-refractivity contribution in [3.63, 3.8) is 0 Å². The predicted molar refractivity (Wildman–Crippen MR) is 153 cm³/mol. The van der Waals surface area contributed by atoms with Gasteiger partial charge in [-0.2, -0.15) is 0 Å². The molecule has 8 nitrogen and oxygen atoms in total. The van der Waals surface area contributed by atoms with Gasteiger partial charge in [0.05, 0.1) is 17.7 Å². The molecule has 9 heteroatoms. The van der Waals surface area contributed by atoms with Gasteiger partial charge in [-0.05, 0) is 87.7 Å². The van der Waals surface area contributed by atoms with Crippen LogP contribution < -0.4 is 14.4 Å². The molecule has 1 N–H and O–H groups in total. The fourth-order valence-corrected chi connectivity index (χ4v) is 5.69. The Balaban J connectivity index is 2.05. The van der Waals surface area contributed by atoms with E-state index in [1.54, 1.807) is 57.4 Å². The molecular weight excluding hydrogens is 514 g/mol. The molecule has 2 amide bonds. The molecule has 0 aromatic heterocycles. The van der Waals surface area contributed by atoms with E-state index in [1.807, 2.05) is 39.0 Å². The zero-order valence-corrected chi connectivity index (χ0v) is 24.2. The second kappa shape index (κ2) is 12.8. The topological polar surface area (TPSA) is 96.0 Å². The van der Waals surface area contributed by atoms with Gasteiger partial charge in [-0.1, -0.05) is 35.9 Å². The summed E-state index contributed by atoms with van der Waals surface area (Å²) in [6, 6.07) is 18.3. The highest BCUT2D eigenvalue weighted by Gasteiger charge is 2.32. The van der Waals surface area contributed by atoms with Gasteiger partial charge in [0.2, 0.25) is 11.8 Å². The Labute approximate surface area is 231 Å². The maximum atomic E-state index is 13.9. The van der Waals surface area contributed by atoms with E-state index in [4.69, 9.17) is 4.74 Å². The lowest BCUT2D eigenvalue weighted by atomic mass is 10.1. The summed E-state index contributed by atoms with van der Waals surface area (Å²) in [4.78, 5) is 28.2. The second-order valence-corrected chi connectivity index (χ2v) is 11.5. The molecule has 0 radical (unpaired) electrons. The quantitative estimate of drug-likeness (QED) is 0.382. The number of carbonyl (C=O) groups is 2. The third-order valence-corrected chi connectivity index (χ3v) is 8.20. The van der Waals surface area contributed by atoms with Gasteiger partial charge in [-0.25, -0.2) is 8.42 Å². The van der Waals surface area contributed by atoms with E-state index in [0.29, 0.717) is 18.0 Å². The largest absolute Gasteiger partial charge is 0.497 e. The minimum Gasteiger partial charge on any atom is -0.497 e. The first-order chi connectivity index (χ1) is 18.5. The van der Waals surface area contributed by atoms with Gasteiger partial charge in [0.15, 0.2) is 0 Å². The number of rotatable bonds is 11. The molecule has 1 atom stereocenters. The third kappa shape index (κ3) is 7.38. The lowest BCUT2D eigenvalue weighted by Gasteiger charge is -2.32. The van der Waals surface area contributed by atoms with Gasteiger partial charge in [-0.15, -0.1) is 0 Å². The van der Waals surface area contributed by atoms with Crippen molar-refractivity contribution in [1.82, 2.24) is 10.2 Å². The van der Waals surface area contributed by atoms with Crippen molar-refractivity contribution in [2.24, 2.45) is 0 Å². The van der Waals surface area contributed by atoms with Crippen LogP contribution >= 0.6 is 0 Å². The molecule has 0 saturated heterocycles. The summed E-state index contributed by atoms with van der Waals surface area (Å²) in [5, 5.41) is 2.76. The smallest absolute Gasteiger partial charge is 0.264 e. The third-order valence-electron chi connectivity index (χ3n) is 6.41. The number of methoxy groups -OCH3 is 1. The maximum Gasteiger partial charge on any atom is 0.264 e. The molecule has 0 aliphatic carbocycles. The highest BCUT2D eigenvalue weighted by atomic mass is 32.2. The second-order valence-electron chi connectivity index (χ2n) is 9.61. The van der Waals surface area contributed by atoms with Crippen LogP contribution in [0, 0.1) is 20.8 Å². The Morgan fingerprint density at radius 1 is 0.897 bits per heavy atom. The molecule has 3 aromatic carbocycles. The standard InChI is InChI=1S/C30H37N3O5S/c1-7-31-30(35)24(5)32(19-25-10-12-27(38-6)13-11-25)29(34)20-33(26-17-22(3)16-23(4)18-26)39(36,37)28-14-8-21(2)9-15-28/h8-18,24H,7,19-20H2,1-6H3,(H,31,35). The van der Waals surface area contributed by atoms with Gasteiger partial charge in [0.1, 0.15) is 18.3 Å². The van der Waals surface area contributed by atoms with Crippen LogP contribution in [0.1, 0.15) is 36.1 Å². The van der Waals surface area contributed by atoms with E-state index in [-0.39, 0.29) is 17.3 Å². The average molecular weight is 552 g/mol. The molecule has 3 aromatic rings. The van der Waals surface area contributed by atoms with Crippen LogP contribution in [-0.2, 0) is 26.2 Å². The van der Waals surface area contributed by atoms with Crippen molar-refractivity contribution >= 4 is 27.5 Å². The van der Waals surface area contributed by atoms with Crippen molar-refractivity contribution in [3.05, 3.63) is 89.0 Å². The molecule has 3 rings (SSSR count). The highest BCUT2D eigenvalue weighted by molar-refractivity contribution is 7.92. The van der Waals surface area contributed by atoms with Crippen molar-refractivity contribution < 1.29 is 22.7 Å². The number of carbonyl (C=O) groups excluding carboxylic acids is 2. The zero-order valence-electron chi connectivity index (χ0n) is 23.4. The Kier molecular flexibility index (Phi) is 9.75. The van der Waals surface area contributed by atoms with Crippen LogP contribution in [0.2, 0.25) is 0 Å². The highest BCUT2D eigenvalue weighted by Crippen LogP contribution is 2.27. The van der Waals surface area contributed by atoms with Crippen LogP contribution in [-0.4, -0.2) is 51.4 Å². The first-order valence-corrected chi connectivity index (χ1v) is 14.3. The number of sulfonamides is 1. The Hall–Kier alpha value is -3.85. The number of hydrogen-bond acceptors (Lipinski definition) is 5. The molecule has 0 aliphatic heterocycles. The molecule has 0 bridgehead atoms. The summed E-state index contributed by atoms with van der Waals surface area (Å²) in [5.41, 5.74) is 3.82. The molecule has 39 heavy (non-hydrogen) atoms. The van der Waals surface area contributed by atoms with E-state index < -0.39 is 28.5 Å². The van der Waals surface area contributed by atoms with Crippen LogP contribution in [0.5, 0.6) is 5.75 Å². The molecule has 0 aliphatic rings. The van der Waals surface area contributed by atoms with Crippen LogP contribution in [0.15, 0.2) is 71.6 Å². The van der Waals surface area contributed by atoms with Gasteiger partial charge < -0.3 is 15.0 Å². The molecule has 0 saturated carbocycles. The van der Waals surface area contributed by atoms with Crippen LogP contribution in [0.4, 0.5) is 5.69 Å². The van der Waals surface area contributed by atoms with Gasteiger partial charge in [-0.3, -0.25) is 13.9 Å². The molecular formula is C30H37N3O5S. The van der Waals surface area contributed by atoms with Crippen molar-refractivity contribution in [2.75, 3.05) is 24.5 Å². The molecule has 0 fully saturated rings. The lowest BCUT2D eigenvalue weighted by Crippen LogP contribution is -2.51. The van der Waals surface area contributed by atoms with Gasteiger partial charge in [0.25, 0.3) is 10.0 Å². The van der Waals surface area contributed by atoms with E-state index in [0.717, 1.165) is 26.6 Å². The van der Waals surface area contributed by atoms with E-state index in [9.17, 15) is 18.0 Å². The van der Waals surface area contributed by atoms with Crippen molar-refractivity contribution in [1.29, 1.82) is 0 Å². The number of nitrogens with one attached hydrogen (secondary N) is 1. The summed E-state index contributed by atoms with van der Waals surface area (Å²) < 4.78 is 34.2. The monoisotopic (exact) mass is 551 g/mol.